The lowest BCUT2D eigenvalue weighted by molar-refractivity contribution is -0.235. The van der Waals surface area contributed by atoms with Gasteiger partial charge in [0.25, 0.3) is 0 Å². The van der Waals surface area contributed by atoms with Gasteiger partial charge in [-0.1, -0.05) is 18.2 Å². The van der Waals surface area contributed by atoms with E-state index in [1.165, 1.54) is 18.7 Å². The first kappa shape index (κ1) is 29.8. The van der Waals surface area contributed by atoms with Crippen molar-refractivity contribution in [1.82, 2.24) is 4.90 Å². The first-order chi connectivity index (χ1) is 20.5. The number of carbonyl (C=O) groups is 4. The van der Waals surface area contributed by atoms with Crippen LogP contribution in [0.4, 0.5) is 0 Å². The molecule has 13 heteroatoms. The van der Waals surface area contributed by atoms with Crippen molar-refractivity contribution in [3.63, 3.8) is 0 Å². The Kier molecular flexibility index (Phi) is 7.62. The second-order valence-corrected chi connectivity index (χ2v) is 13.0. The van der Waals surface area contributed by atoms with E-state index < -0.39 is 65.2 Å². The maximum Gasteiger partial charge on any atom is 0.339 e. The van der Waals surface area contributed by atoms with Crippen LogP contribution >= 0.6 is 11.8 Å². The van der Waals surface area contributed by atoms with Crippen LogP contribution in [0.15, 0.2) is 24.3 Å². The van der Waals surface area contributed by atoms with Crippen molar-refractivity contribution in [2.45, 2.75) is 86.3 Å². The van der Waals surface area contributed by atoms with Crippen molar-refractivity contribution in [2.75, 3.05) is 20.7 Å². The van der Waals surface area contributed by atoms with E-state index in [4.69, 9.17) is 28.4 Å². The van der Waals surface area contributed by atoms with Crippen molar-refractivity contribution in [2.24, 2.45) is 5.92 Å². The number of hydrogen-bond donors (Lipinski definition) is 1. The number of ether oxygens (including phenoxy) is 6. The minimum absolute atomic E-state index is 0.0824. The average molecular weight is 618 g/mol. The number of likely N-dealkylation sites (tertiary alicyclic amines) is 1. The molecule has 0 saturated carbocycles. The summed E-state index contributed by atoms with van der Waals surface area (Å²) in [7, 11) is 3.29. The molecule has 12 nitrogen and oxygen atoms in total. The molecule has 232 valence electrons. The third-order valence-electron chi connectivity index (χ3n) is 9.26. The molecule has 3 aliphatic heterocycles. The van der Waals surface area contributed by atoms with Gasteiger partial charge in [-0.25, -0.2) is 4.79 Å². The van der Waals surface area contributed by atoms with Crippen LogP contribution in [0, 0.1) is 5.92 Å². The highest BCUT2D eigenvalue weighted by Gasteiger charge is 2.65. The second-order valence-electron chi connectivity index (χ2n) is 11.7. The number of benzene rings is 1. The lowest BCUT2D eigenvalue weighted by Crippen LogP contribution is -2.65. The number of thioether (sulfide) groups is 1. The first-order valence-electron chi connectivity index (χ1n) is 14.3. The summed E-state index contributed by atoms with van der Waals surface area (Å²) >= 11 is 1.25. The Labute approximate surface area is 252 Å². The number of phenols is 1. The number of rotatable bonds is 6. The number of nitrogens with zero attached hydrogens (tertiary/aromatic N) is 1. The molecule has 2 aliphatic carbocycles. The quantitative estimate of drug-likeness (QED) is 0.280. The van der Waals surface area contributed by atoms with E-state index in [2.05, 4.69) is 18.0 Å². The SMILES string of the molecule is COC(=O)[C@H]1O[C@@H](SC2C=CC3C4Cc5ccc(O)c6c5C3(CCN4C)C2O6)[C@H](OC(C)=O)[C@@H](OC(C)=O)[C@@H]1OC(C)=O. The van der Waals surface area contributed by atoms with Gasteiger partial charge in [0, 0.05) is 43.7 Å². The van der Waals surface area contributed by atoms with E-state index in [-0.39, 0.29) is 23.0 Å². The van der Waals surface area contributed by atoms with Crippen molar-refractivity contribution in [3.05, 3.63) is 35.4 Å². The number of carbonyl (C=O) groups excluding carboxylic acids is 4. The molecule has 2 fully saturated rings. The van der Waals surface area contributed by atoms with Crippen LogP contribution in [0.3, 0.4) is 0 Å². The number of phenolic OH excluding ortho intramolecular Hbond substituents is 1. The van der Waals surface area contributed by atoms with Crippen LogP contribution < -0.4 is 4.74 Å². The van der Waals surface area contributed by atoms with Gasteiger partial charge in [0.05, 0.1) is 12.4 Å². The number of piperidine rings is 1. The molecule has 5 unspecified atom stereocenters. The molecular weight excluding hydrogens is 582 g/mol. The Morgan fingerprint density at radius 2 is 1.67 bits per heavy atom. The predicted octanol–water partition coefficient (Wildman–Crippen LogP) is 1.63. The molecule has 6 rings (SSSR count). The lowest BCUT2D eigenvalue weighted by Gasteiger charge is -2.57. The molecular formula is C30H35NO11S. The second kappa shape index (κ2) is 11.0. The Morgan fingerprint density at radius 1 is 1.00 bits per heavy atom. The first-order valence-corrected chi connectivity index (χ1v) is 15.2. The Morgan fingerprint density at radius 3 is 2.35 bits per heavy atom. The van der Waals surface area contributed by atoms with Crippen molar-refractivity contribution >= 4 is 35.6 Å². The zero-order valence-corrected chi connectivity index (χ0v) is 25.3. The Bertz CT molecular complexity index is 1380. The number of esters is 4. The molecule has 2 saturated heterocycles. The summed E-state index contributed by atoms with van der Waals surface area (Å²) in [5, 5.41) is 10.5. The van der Waals surface area contributed by atoms with E-state index in [1.807, 2.05) is 12.1 Å². The molecule has 43 heavy (non-hydrogen) atoms. The zero-order valence-electron chi connectivity index (χ0n) is 24.5. The van der Waals surface area contributed by atoms with Crippen LogP contribution in [0.2, 0.25) is 0 Å². The van der Waals surface area contributed by atoms with Crippen molar-refractivity contribution in [3.8, 4) is 11.5 Å². The van der Waals surface area contributed by atoms with Gasteiger partial charge in [-0.3, -0.25) is 14.4 Å². The minimum Gasteiger partial charge on any atom is -0.504 e. The third kappa shape index (κ3) is 4.76. The summed E-state index contributed by atoms with van der Waals surface area (Å²) in [6, 6.07) is 3.91. The molecule has 1 spiro atoms. The molecule has 2 bridgehead atoms. The highest BCUT2D eigenvalue weighted by atomic mass is 32.2. The fourth-order valence-corrected chi connectivity index (χ4v) is 9.16. The van der Waals surface area contributed by atoms with Gasteiger partial charge >= 0.3 is 23.9 Å². The van der Waals surface area contributed by atoms with Crippen molar-refractivity contribution in [1.29, 1.82) is 0 Å². The van der Waals surface area contributed by atoms with Gasteiger partial charge in [0.2, 0.25) is 0 Å². The highest BCUT2D eigenvalue weighted by Crippen LogP contribution is 2.63. The van der Waals surface area contributed by atoms with Crippen molar-refractivity contribution < 1.29 is 52.7 Å². The van der Waals surface area contributed by atoms with Gasteiger partial charge in [-0.05, 0) is 38.1 Å². The topological polar surface area (TPSA) is 147 Å². The summed E-state index contributed by atoms with van der Waals surface area (Å²) < 4.78 is 34.4. The summed E-state index contributed by atoms with van der Waals surface area (Å²) in [6.07, 6.45) is -0.0437. The third-order valence-corrected chi connectivity index (χ3v) is 10.6. The predicted molar refractivity (Wildman–Crippen MR) is 150 cm³/mol. The van der Waals surface area contributed by atoms with E-state index in [1.54, 1.807) is 6.07 Å². The van der Waals surface area contributed by atoms with Crippen LogP contribution in [0.1, 0.15) is 38.3 Å². The average Bonchev–Trinajstić information content (AvgIpc) is 3.30. The molecule has 3 heterocycles. The normalized spacial score (nSPS) is 37.0. The Hall–Kier alpha value is -3.29. The van der Waals surface area contributed by atoms with Gasteiger partial charge in [-0.15, -0.1) is 11.8 Å². The standard InChI is InChI=1S/C30H35NO11S/c1-13(32)38-23-24(39-14(2)33)26(40-15(3)34)29(42-25(23)28(36)37-5)43-20-9-7-17-18-12-16-6-8-19(35)22-21(16)30(17,27(20)41-22)10-11-31(18)4/h6-9,17-18,20,23-27,29,35H,10-12H2,1-5H3/t17?,18?,20?,23-,24-,25-,26+,27?,29-,30?/m0/s1. The summed E-state index contributed by atoms with van der Waals surface area (Å²) in [4.78, 5) is 51.9. The maximum atomic E-state index is 12.9. The lowest BCUT2D eigenvalue weighted by atomic mass is 9.53. The number of aromatic hydroxyl groups is 1. The highest BCUT2D eigenvalue weighted by molar-refractivity contribution is 8.00. The fraction of sp³-hybridized carbons (Fsp3) is 0.600. The largest absolute Gasteiger partial charge is 0.504 e. The Balaban J connectivity index is 1.40. The zero-order chi connectivity index (χ0) is 30.8. The molecule has 1 aromatic rings. The molecule has 1 N–H and O–H groups in total. The van der Waals surface area contributed by atoms with Crippen LogP contribution in [0.5, 0.6) is 11.5 Å². The fourth-order valence-electron chi connectivity index (χ4n) is 7.68. The smallest absolute Gasteiger partial charge is 0.339 e. The van der Waals surface area contributed by atoms with Gasteiger partial charge in [0.15, 0.2) is 35.9 Å². The monoisotopic (exact) mass is 617 g/mol. The molecule has 5 aliphatic rings. The van der Waals surface area contributed by atoms with Crippen LogP contribution in [-0.2, 0) is 54.7 Å². The van der Waals surface area contributed by atoms with Crippen LogP contribution in [-0.4, -0.2) is 102 Å². The van der Waals surface area contributed by atoms with E-state index in [0.29, 0.717) is 5.75 Å². The van der Waals surface area contributed by atoms with E-state index in [9.17, 15) is 24.3 Å². The summed E-state index contributed by atoms with van der Waals surface area (Å²) in [5.74, 6) is -2.30. The van der Waals surface area contributed by atoms with E-state index in [0.717, 1.165) is 51.5 Å². The minimum atomic E-state index is -1.47. The number of likely N-dealkylation sites (N-methyl/N-ethyl adjacent to an activating group) is 1. The summed E-state index contributed by atoms with van der Waals surface area (Å²) in [6.45, 7) is 4.35. The van der Waals surface area contributed by atoms with Gasteiger partial charge < -0.3 is 38.4 Å². The molecule has 1 aromatic carbocycles. The number of hydrogen-bond acceptors (Lipinski definition) is 13. The number of methoxy groups -OCH3 is 1. The van der Waals surface area contributed by atoms with Gasteiger partial charge in [0.1, 0.15) is 11.5 Å². The summed E-state index contributed by atoms with van der Waals surface area (Å²) in [5.41, 5.74) is 0.730. The molecule has 0 radical (unpaired) electrons. The molecule has 10 atom stereocenters. The van der Waals surface area contributed by atoms with E-state index >= 15 is 0 Å². The maximum absolute atomic E-state index is 12.9. The van der Waals surface area contributed by atoms with Crippen LogP contribution in [0.25, 0.3) is 0 Å². The van der Waals surface area contributed by atoms with Gasteiger partial charge in [-0.2, -0.15) is 0 Å². The molecule has 0 amide bonds. The molecule has 0 aromatic heterocycles.